The summed E-state index contributed by atoms with van der Waals surface area (Å²) in [6.45, 7) is 5.49. The van der Waals surface area contributed by atoms with E-state index in [2.05, 4.69) is 5.32 Å². The topological polar surface area (TPSA) is 96.0 Å². The Morgan fingerprint density at radius 1 is 1.08 bits per heavy atom. The van der Waals surface area contributed by atoms with Crippen molar-refractivity contribution in [3.8, 4) is 5.75 Å². The predicted octanol–water partition coefficient (Wildman–Crippen LogP) is 3.88. The second-order valence-corrected chi connectivity index (χ2v) is 11.0. The highest BCUT2D eigenvalue weighted by Gasteiger charge is 2.32. The van der Waals surface area contributed by atoms with Crippen molar-refractivity contribution < 1.29 is 22.7 Å². The minimum absolute atomic E-state index is 0.0495. The molecule has 2 amide bonds. The molecule has 0 unspecified atom stereocenters. The summed E-state index contributed by atoms with van der Waals surface area (Å²) >= 11 is 6.22. The molecule has 2 aromatic carbocycles. The normalized spacial score (nSPS) is 12.9. The lowest BCUT2D eigenvalue weighted by Crippen LogP contribution is -2.54. The minimum atomic E-state index is -3.84. The van der Waals surface area contributed by atoms with Gasteiger partial charge in [0.2, 0.25) is 21.8 Å². The van der Waals surface area contributed by atoms with E-state index in [0.717, 1.165) is 22.5 Å². The van der Waals surface area contributed by atoms with Gasteiger partial charge in [-0.25, -0.2) is 8.42 Å². The third kappa shape index (κ3) is 8.13. The van der Waals surface area contributed by atoms with Crippen LogP contribution in [-0.4, -0.2) is 63.7 Å². The van der Waals surface area contributed by atoms with Gasteiger partial charge >= 0.3 is 0 Å². The van der Waals surface area contributed by atoms with Gasteiger partial charge in [-0.05, 0) is 49.9 Å². The number of nitrogens with one attached hydrogen (secondary N) is 1. The number of sulfonamides is 1. The molecule has 0 aliphatic rings. The van der Waals surface area contributed by atoms with Gasteiger partial charge < -0.3 is 15.0 Å². The average molecular weight is 538 g/mol. The van der Waals surface area contributed by atoms with Gasteiger partial charge in [0, 0.05) is 12.6 Å². The second kappa shape index (κ2) is 13.5. The highest BCUT2D eigenvalue weighted by Crippen LogP contribution is 2.30. The van der Waals surface area contributed by atoms with Crippen LogP contribution in [0.5, 0.6) is 5.75 Å². The first-order valence-corrected chi connectivity index (χ1v) is 14.2. The van der Waals surface area contributed by atoms with Crippen LogP contribution in [0.1, 0.15) is 39.2 Å². The van der Waals surface area contributed by atoms with Gasteiger partial charge in [0.1, 0.15) is 18.3 Å². The number of carbonyl (C=O) groups excluding carboxylic acids is 2. The smallest absolute Gasteiger partial charge is 0.244 e. The number of methoxy groups -OCH3 is 1. The Morgan fingerprint density at radius 3 is 2.28 bits per heavy atom. The molecule has 8 nitrogen and oxygen atoms in total. The summed E-state index contributed by atoms with van der Waals surface area (Å²) in [5.41, 5.74) is 1.24. The number of benzene rings is 2. The number of rotatable bonds is 13. The van der Waals surface area contributed by atoms with Crippen LogP contribution in [0.2, 0.25) is 5.02 Å². The molecule has 0 radical (unpaired) electrons. The lowest BCUT2D eigenvalue weighted by atomic mass is 10.1. The first kappa shape index (κ1) is 29.5. The first-order valence-electron chi connectivity index (χ1n) is 12.0. The van der Waals surface area contributed by atoms with Gasteiger partial charge in [-0.2, -0.15) is 0 Å². The monoisotopic (exact) mass is 537 g/mol. The lowest BCUT2D eigenvalue weighted by Gasteiger charge is -2.33. The maximum atomic E-state index is 13.6. The molecule has 10 heteroatoms. The van der Waals surface area contributed by atoms with Crippen LogP contribution in [-0.2, 0) is 26.0 Å². The van der Waals surface area contributed by atoms with Crippen molar-refractivity contribution in [2.45, 2.75) is 52.1 Å². The summed E-state index contributed by atoms with van der Waals surface area (Å²) in [5, 5.41) is 3.17. The number of carbonyl (C=O) groups is 2. The van der Waals surface area contributed by atoms with E-state index in [4.69, 9.17) is 16.3 Å². The molecule has 2 atom stereocenters. The fourth-order valence-corrected chi connectivity index (χ4v) is 4.85. The van der Waals surface area contributed by atoms with Crippen molar-refractivity contribution in [3.63, 3.8) is 0 Å². The SMILES string of the molecule is CC[C@H](C)NC(=O)[C@H](CC)N(CCc1ccccc1)C(=O)CN(c1ccc(OC)c(Cl)c1)S(C)(=O)=O. The molecule has 2 aromatic rings. The van der Waals surface area contributed by atoms with Crippen LogP contribution < -0.4 is 14.4 Å². The van der Waals surface area contributed by atoms with E-state index in [1.165, 1.54) is 24.1 Å². The summed E-state index contributed by atoms with van der Waals surface area (Å²) in [7, 11) is -2.38. The van der Waals surface area contributed by atoms with Gasteiger partial charge in [0.15, 0.2) is 0 Å². The molecule has 0 saturated carbocycles. The van der Waals surface area contributed by atoms with Crippen LogP contribution in [0, 0.1) is 0 Å². The Labute approximate surface area is 219 Å². The third-order valence-electron chi connectivity index (χ3n) is 5.97. The third-order valence-corrected chi connectivity index (χ3v) is 7.41. The molecule has 0 fully saturated rings. The fourth-order valence-electron chi connectivity index (χ4n) is 3.76. The van der Waals surface area contributed by atoms with Crippen LogP contribution in [0.15, 0.2) is 48.5 Å². The molecular formula is C26H36ClN3O5S. The molecular weight excluding hydrogens is 502 g/mol. The van der Waals surface area contributed by atoms with Gasteiger partial charge in [-0.3, -0.25) is 13.9 Å². The van der Waals surface area contributed by atoms with Crippen molar-refractivity contribution >= 4 is 39.1 Å². The zero-order chi connectivity index (χ0) is 26.9. The number of hydrogen-bond donors (Lipinski definition) is 1. The summed E-state index contributed by atoms with van der Waals surface area (Å²) < 4.78 is 31.5. The van der Waals surface area contributed by atoms with Crippen LogP contribution >= 0.6 is 11.6 Å². The van der Waals surface area contributed by atoms with Crippen LogP contribution in [0.3, 0.4) is 0 Å². The Hall–Kier alpha value is -2.78. The molecule has 0 aliphatic heterocycles. The van der Waals surface area contributed by atoms with Crippen molar-refractivity contribution in [3.05, 3.63) is 59.1 Å². The average Bonchev–Trinajstić information content (AvgIpc) is 2.84. The summed E-state index contributed by atoms with van der Waals surface area (Å²) in [5.74, 6) is -0.349. The van der Waals surface area contributed by atoms with Crippen molar-refractivity contribution in [1.29, 1.82) is 0 Å². The number of anilines is 1. The minimum Gasteiger partial charge on any atom is -0.495 e. The van der Waals surface area contributed by atoms with Gasteiger partial charge in [-0.1, -0.05) is 55.8 Å². The van der Waals surface area contributed by atoms with Gasteiger partial charge in [0.05, 0.1) is 24.1 Å². The second-order valence-electron chi connectivity index (χ2n) is 8.65. The maximum Gasteiger partial charge on any atom is 0.244 e. The highest BCUT2D eigenvalue weighted by atomic mass is 35.5. The summed E-state index contributed by atoms with van der Waals surface area (Å²) in [4.78, 5) is 28.2. The molecule has 0 heterocycles. The molecule has 36 heavy (non-hydrogen) atoms. The van der Waals surface area contributed by atoms with Crippen LogP contribution in [0.25, 0.3) is 0 Å². The quantitative estimate of drug-likeness (QED) is 0.418. The predicted molar refractivity (Wildman–Crippen MR) is 144 cm³/mol. The number of amides is 2. The molecule has 198 valence electrons. The number of halogens is 1. The van der Waals surface area contributed by atoms with E-state index < -0.39 is 28.5 Å². The molecule has 0 aromatic heterocycles. The van der Waals surface area contributed by atoms with Crippen molar-refractivity contribution in [2.24, 2.45) is 0 Å². The Kier molecular flexibility index (Phi) is 11.0. The lowest BCUT2D eigenvalue weighted by molar-refractivity contribution is -0.139. The molecule has 1 N–H and O–H groups in total. The molecule has 0 spiro atoms. The van der Waals surface area contributed by atoms with Crippen molar-refractivity contribution in [2.75, 3.05) is 30.8 Å². The molecule has 2 rings (SSSR count). The fraction of sp³-hybridized carbons (Fsp3) is 0.462. The van der Waals surface area contributed by atoms with Crippen LogP contribution in [0.4, 0.5) is 5.69 Å². The summed E-state index contributed by atoms with van der Waals surface area (Å²) in [6.07, 6.45) is 2.68. The van der Waals surface area contributed by atoms with E-state index >= 15 is 0 Å². The highest BCUT2D eigenvalue weighted by molar-refractivity contribution is 7.92. The van der Waals surface area contributed by atoms with Crippen molar-refractivity contribution in [1.82, 2.24) is 10.2 Å². The summed E-state index contributed by atoms with van der Waals surface area (Å²) in [6, 6.07) is 13.3. The zero-order valence-corrected chi connectivity index (χ0v) is 23.1. The molecule has 0 saturated heterocycles. The standard InChI is InChI=1S/C26H36ClN3O5S/c1-6-19(3)28-26(32)23(7-2)29(16-15-20-11-9-8-10-12-20)25(31)18-30(36(5,33)34)21-13-14-24(35-4)22(27)17-21/h8-14,17,19,23H,6-7,15-16,18H2,1-5H3,(H,28,32)/t19-,23-/m0/s1. The Morgan fingerprint density at radius 2 is 1.75 bits per heavy atom. The van der Waals surface area contributed by atoms with Gasteiger partial charge in [-0.15, -0.1) is 0 Å². The number of hydrogen-bond acceptors (Lipinski definition) is 5. The molecule has 0 aliphatic carbocycles. The number of ether oxygens (including phenoxy) is 1. The molecule has 0 bridgehead atoms. The van der Waals surface area contributed by atoms with E-state index in [-0.39, 0.29) is 29.2 Å². The maximum absolute atomic E-state index is 13.6. The van der Waals surface area contributed by atoms with E-state index in [0.29, 0.717) is 18.6 Å². The van der Waals surface area contributed by atoms with E-state index in [1.54, 1.807) is 6.07 Å². The largest absolute Gasteiger partial charge is 0.495 e. The van der Waals surface area contributed by atoms with Gasteiger partial charge in [0.25, 0.3) is 0 Å². The Balaban J connectivity index is 2.39. The van der Waals surface area contributed by atoms with E-state index in [9.17, 15) is 18.0 Å². The Bertz CT molecular complexity index is 1130. The first-order chi connectivity index (χ1) is 17.0. The zero-order valence-electron chi connectivity index (χ0n) is 21.5. The number of nitrogens with zero attached hydrogens (tertiary/aromatic N) is 2. The van der Waals surface area contributed by atoms with E-state index in [1.807, 2.05) is 51.1 Å².